The van der Waals surface area contributed by atoms with Gasteiger partial charge in [-0.1, -0.05) is 66.2 Å². The van der Waals surface area contributed by atoms with Crippen LogP contribution < -0.4 is 0 Å². The molecule has 0 N–H and O–H groups in total. The highest BCUT2D eigenvalue weighted by molar-refractivity contribution is 7.27. The summed E-state index contributed by atoms with van der Waals surface area (Å²) < 4.78 is 27.8. The maximum atomic E-state index is 15.2. The molecule has 0 saturated heterocycles. The molecule has 8 heterocycles. The molecule has 2 atom stereocenters. The summed E-state index contributed by atoms with van der Waals surface area (Å²) in [6.07, 6.45) is 8.28. The number of carbonyl (C=O) groups excluding carboxylic acids is 2. The van der Waals surface area contributed by atoms with Crippen LogP contribution in [0.4, 0.5) is 8.78 Å². The Kier molecular flexibility index (Phi) is 12.8. The van der Waals surface area contributed by atoms with Crippen molar-refractivity contribution >= 4 is 91.2 Å². The van der Waals surface area contributed by atoms with Crippen molar-refractivity contribution in [3.8, 4) is 39.0 Å². The minimum atomic E-state index is -0.201. The molecule has 0 spiro atoms. The van der Waals surface area contributed by atoms with E-state index in [0.717, 1.165) is 134 Å². The quantitative estimate of drug-likeness (QED) is 0.0863. The summed E-state index contributed by atoms with van der Waals surface area (Å²) >= 11 is 8.77. The van der Waals surface area contributed by atoms with Crippen molar-refractivity contribution in [3.05, 3.63) is 104 Å². The van der Waals surface area contributed by atoms with Crippen LogP contribution in [0.1, 0.15) is 88.8 Å². The predicted molar refractivity (Wildman–Crippen MR) is 246 cm³/mol. The lowest BCUT2D eigenvalue weighted by Crippen LogP contribution is -2.34. The third kappa shape index (κ3) is 8.17. The van der Waals surface area contributed by atoms with Crippen LogP contribution in [0.3, 0.4) is 0 Å². The average Bonchev–Trinajstić information content (AvgIpc) is 4.07. The van der Waals surface area contributed by atoms with Crippen LogP contribution in [0.2, 0.25) is 0 Å². The highest BCUT2D eigenvalue weighted by Crippen LogP contribution is 2.52. The molecule has 2 amide bonds. The molecule has 0 radical (unpaired) electrons. The second-order valence-corrected chi connectivity index (χ2v) is 21.4. The Hall–Kier alpha value is -3.52. The molecule has 12 heteroatoms. The zero-order valence-electron chi connectivity index (χ0n) is 33.1. The monoisotopic (exact) mass is 888 g/mol. The van der Waals surface area contributed by atoms with Gasteiger partial charge in [-0.05, 0) is 97.5 Å². The molecular formula is C46H46F2N2O2S6. The number of hydrogen-bond donors (Lipinski definition) is 0. The van der Waals surface area contributed by atoms with E-state index in [-0.39, 0.29) is 22.1 Å². The summed E-state index contributed by atoms with van der Waals surface area (Å²) in [5.41, 5.74) is 2.52. The first-order valence-electron chi connectivity index (χ1n) is 20.3. The standard InChI is InChI=1S/C46H46F2N2O2S6/c1-5-9-11-27(7-3)25-49-43(37-19-17-31(55-37)29-13-15-33(53-29)35-21-23-39(47)57-35)41-42(45(49)51)44(50(46(41)52)26-28(8-4)12-10-6-2)38-20-18-32(56-38)30-14-16-34(54-30)36-22-24-40(48)58-36/h13-24,27-28H,5-12,25-26H2,1-4H3. The summed E-state index contributed by atoms with van der Waals surface area (Å²) in [6.45, 7) is 9.91. The number of thiophene rings is 6. The van der Waals surface area contributed by atoms with Crippen molar-refractivity contribution in [2.45, 2.75) is 79.1 Å². The van der Waals surface area contributed by atoms with Gasteiger partial charge in [0.05, 0.1) is 32.3 Å². The van der Waals surface area contributed by atoms with Crippen molar-refractivity contribution in [2.24, 2.45) is 11.8 Å². The Bertz CT molecular complexity index is 2320. The molecule has 2 aliphatic heterocycles. The third-order valence-electron chi connectivity index (χ3n) is 11.2. The first-order chi connectivity index (χ1) is 28.2. The number of fused-ring (bicyclic) bond motifs is 1. The Morgan fingerprint density at radius 1 is 0.448 bits per heavy atom. The summed E-state index contributed by atoms with van der Waals surface area (Å²) in [4.78, 5) is 44.1. The van der Waals surface area contributed by atoms with E-state index in [2.05, 4.69) is 64.1 Å². The van der Waals surface area contributed by atoms with E-state index in [1.165, 1.54) is 12.1 Å². The lowest BCUT2D eigenvalue weighted by atomic mass is 9.98. The van der Waals surface area contributed by atoms with Gasteiger partial charge >= 0.3 is 0 Å². The van der Waals surface area contributed by atoms with E-state index in [9.17, 15) is 8.78 Å². The fourth-order valence-corrected chi connectivity index (χ4v) is 13.9. The van der Waals surface area contributed by atoms with Gasteiger partial charge in [-0.3, -0.25) is 9.59 Å². The number of nitrogens with zero attached hydrogens (tertiary/aromatic N) is 2. The van der Waals surface area contributed by atoms with Gasteiger partial charge in [0.25, 0.3) is 11.8 Å². The molecule has 0 saturated carbocycles. The normalized spacial score (nSPS) is 15.5. The predicted octanol–water partition coefficient (Wildman–Crippen LogP) is 15.2. The fourth-order valence-electron chi connectivity index (χ4n) is 7.90. The maximum absolute atomic E-state index is 15.2. The second-order valence-electron chi connectivity index (χ2n) is 15.0. The van der Waals surface area contributed by atoms with Gasteiger partial charge in [0.1, 0.15) is 0 Å². The molecule has 302 valence electrons. The Morgan fingerprint density at radius 2 is 0.741 bits per heavy atom. The third-order valence-corrected chi connectivity index (χ3v) is 18.0. The number of carbonyl (C=O) groups is 2. The van der Waals surface area contributed by atoms with Crippen molar-refractivity contribution < 1.29 is 18.4 Å². The van der Waals surface area contributed by atoms with E-state index >= 15 is 9.59 Å². The van der Waals surface area contributed by atoms with Crippen LogP contribution in [-0.4, -0.2) is 34.7 Å². The topological polar surface area (TPSA) is 40.6 Å². The van der Waals surface area contributed by atoms with Crippen LogP contribution in [-0.2, 0) is 9.59 Å². The van der Waals surface area contributed by atoms with Crippen LogP contribution in [0, 0.1) is 22.1 Å². The van der Waals surface area contributed by atoms with Gasteiger partial charge < -0.3 is 9.80 Å². The van der Waals surface area contributed by atoms with Crippen molar-refractivity contribution in [1.82, 2.24) is 9.80 Å². The maximum Gasteiger partial charge on any atom is 0.261 e. The summed E-state index contributed by atoms with van der Waals surface area (Å²) in [6, 6.07) is 23.2. The summed E-state index contributed by atoms with van der Waals surface area (Å²) in [5, 5.41) is -0.403. The molecule has 2 unspecified atom stereocenters. The molecular weight excluding hydrogens is 843 g/mol. The molecule has 2 aliphatic rings. The van der Waals surface area contributed by atoms with Crippen molar-refractivity contribution in [2.75, 3.05) is 13.1 Å². The molecule has 0 bridgehead atoms. The largest absolute Gasteiger partial charge is 0.306 e. The van der Waals surface area contributed by atoms with Crippen molar-refractivity contribution in [3.63, 3.8) is 0 Å². The van der Waals surface area contributed by atoms with Gasteiger partial charge in [-0.25, -0.2) is 0 Å². The Morgan fingerprint density at radius 3 is 1.03 bits per heavy atom. The van der Waals surface area contributed by atoms with Crippen LogP contribution in [0.5, 0.6) is 0 Å². The minimum Gasteiger partial charge on any atom is -0.306 e. The molecule has 4 nitrogen and oxygen atoms in total. The minimum absolute atomic E-state index is 0.0893. The Balaban J connectivity index is 1.24. The fraction of sp³-hybridized carbons (Fsp3) is 0.348. The number of unbranched alkanes of at least 4 members (excludes halogenated alkanes) is 2. The van der Waals surface area contributed by atoms with E-state index in [0.29, 0.717) is 36.1 Å². The average molecular weight is 889 g/mol. The van der Waals surface area contributed by atoms with Gasteiger partial charge in [0.2, 0.25) is 0 Å². The van der Waals surface area contributed by atoms with Gasteiger partial charge in [0.15, 0.2) is 10.3 Å². The second kappa shape index (κ2) is 18.0. The number of halogens is 2. The smallest absolute Gasteiger partial charge is 0.261 e. The molecule has 0 fully saturated rings. The summed E-state index contributed by atoms with van der Waals surface area (Å²) in [7, 11) is 0. The lowest BCUT2D eigenvalue weighted by Gasteiger charge is -2.29. The lowest BCUT2D eigenvalue weighted by molar-refractivity contribution is -0.124. The van der Waals surface area contributed by atoms with Crippen LogP contribution >= 0.6 is 68.0 Å². The number of amides is 2. The Labute approximate surface area is 363 Å². The molecule has 6 aromatic rings. The van der Waals surface area contributed by atoms with E-state index in [1.54, 1.807) is 45.3 Å². The van der Waals surface area contributed by atoms with Gasteiger partial charge in [0, 0.05) is 52.1 Å². The van der Waals surface area contributed by atoms with E-state index in [1.807, 2.05) is 34.1 Å². The molecule has 8 rings (SSSR count). The molecule has 0 aromatic carbocycles. The highest BCUT2D eigenvalue weighted by atomic mass is 32.1. The van der Waals surface area contributed by atoms with Gasteiger partial charge in [-0.15, -0.1) is 68.0 Å². The van der Waals surface area contributed by atoms with Gasteiger partial charge in [-0.2, -0.15) is 8.78 Å². The van der Waals surface area contributed by atoms with Crippen LogP contribution in [0.15, 0.2) is 83.9 Å². The van der Waals surface area contributed by atoms with E-state index in [4.69, 9.17) is 0 Å². The first-order valence-corrected chi connectivity index (χ1v) is 25.2. The zero-order chi connectivity index (χ0) is 40.5. The highest BCUT2D eigenvalue weighted by Gasteiger charge is 2.50. The first kappa shape index (κ1) is 41.2. The molecule has 58 heavy (non-hydrogen) atoms. The zero-order valence-corrected chi connectivity index (χ0v) is 38.0. The van der Waals surface area contributed by atoms with E-state index < -0.39 is 0 Å². The number of rotatable bonds is 18. The molecule has 6 aromatic heterocycles. The van der Waals surface area contributed by atoms with Crippen LogP contribution in [0.25, 0.3) is 50.4 Å². The SMILES string of the molecule is CCCCC(CC)CN1C(=O)C2=C(c3ccc(-c4ccc(-c5ccc(F)s5)s4)s3)N(CC(CC)CCCC)C(=O)C2=C1c1ccc(-c2ccc(-c3ccc(F)s3)s2)s1. The number of hydrogen-bond acceptors (Lipinski definition) is 8. The molecule has 0 aliphatic carbocycles. The summed E-state index contributed by atoms with van der Waals surface area (Å²) in [5.74, 6) is 0.425. The van der Waals surface area contributed by atoms with Crippen molar-refractivity contribution in [1.29, 1.82) is 0 Å².